The van der Waals surface area contributed by atoms with E-state index in [1.807, 2.05) is 7.05 Å². The average molecular weight is 166 g/mol. The molecule has 4 nitrogen and oxygen atoms in total. The van der Waals surface area contributed by atoms with E-state index in [0.29, 0.717) is 0 Å². The molecule has 0 spiro atoms. The molecule has 1 aromatic rings. The first-order valence-electron chi connectivity index (χ1n) is 4.32. The maximum Gasteiger partial charge on any atom is 0.144 e. The molecule has 0 radical (unpaired) electrons. The lowest BCUT2D eigenvalue weighted by atomic mass is 9.78. The lowest BCUT2D eigenvalue weighted by Gasteiger charge is -2.39. The third-order valence-corrected chi connectivity index (χ3v) is 2.60. The van der Waals surface area contributed by atoms with Crippen molar-refractivity contribution in [2.45, 2.75) is 31.7 Å². The topological polar surface area (TPSA) is 42.7 Å². The van der Waals surface area contributed by atoms with Crippen molar-refractivity contribution >= 4 is 5.82 Å². The normalized spacial score (nSPS) is 20.2. The molecule has 12 heavy (non-hydrogen) atoms. The predicted molar refractivity (Wildman–Crippen MR) is 46.9 cm³/mol. The largest absolute Gasteiger partial charge is 0.364 e. The lowest BCUT2D eigenvalue weighted by molar-refractivity contribution is 0.304. The molecular formula is C8H14N4. The van der Waals surface area contributed by atoms with Gasteiger partial charge in [0.2, 0.25) is 0 Å². The molecule has 4 heteroatoms. The summed E-state index contributed by atoms with van der Waals surface area (Å²) in [5.74, 6) is 1.01. The summed E-state index contributed by atoms with van der Waals surface area (Å²) in [5.41, 5.74) is 0.287. The van der Waals surface area contributed by atoms with Gasteiger partial charge in [-0.05, 0) is 26.2 Å². The van der Waals surface area contributed by atoms with Crippen molar-refractivity contribution < 1.29 is 0 Å². The molecule has 0 atom stereocenters. The third-order valence-electron chi connectivity index (χ3n) is 2.60. The second-order valence-electron chi connectivity index (χ2n) is 3.78. The zero-order valence-corrected chi connectivity index (χ0v) is 7.54. The molecule has 0 bridgehead atoms. The summed E-state index contributed by atoms with van der Waals surface area (Å²) >= 11 is 0. The second-order valence-corrected chi connectivity index (χ2v) is 3.78. The maximum absolute atomic E-state index is 3.86. The molecule has 0 saturated heterocycles. The summed E-state index contributed by atoms with van der Waals surface area (Å²) in [6.07, 6.45) is 5.59. The Morgan fingerprint density at radius 2 is 2.33 bits per heavy atom. The molecule has 0 aromatic carbocycles. The van der Waals surface area contributed by atoms with Crippen LogP contribution in [0.2, 0.25) is 0 Å². The van der Waals surface area contributed by atoms with Crippen LogP contribution in [0.25, 0.3) is 0 Å². The zero-order valence-electron chi connectivity index (χ0n) is 7.54. The minimum atomic E-state index is 0.287. The number of hydrogen-bond donors (Lipinski definition) is 1. The number of rotatable bonds is 2. The summed E-state index contributed by atoms with van der Waals surface area (Å²) < 4.78 is 1.77. The van der Waals surface area contributed by atoms with Gasteiger partial charge in [0.25, 0.3) is 0 Å². The molecule has 0 aliphatic heterocycles. The molecule has 66 valence electrons. The number of aryl methyl sites for hydroxylation is 1. The minimum absolute atomic E-state index is 0.287. The Morgan fingerprint density at radius 1 is 1.58 bits per heavy atom. The Bertz CT molecular complexity index is 274. The van der Waals surface area contributed by atoms with Gasteiger partial charge in [-0.15, -0.1) is 5.10 Å². The van der Waals surface area contributed by atoms with Crippen LogP contribution in [-0.2, 0) is 7.05 Å². The van der Waals surface area contributed by atoms with Gasteiger partial charge < -0.3 is 5.32 Å². The fourth-order valence-corrected chi connectivity index (χ4v) is 1.54. The van der Waals surface area contributed by atoms with Crippen molar-refractivity contribution in [2.75, 3.05) is 5.32 Å². The molecule has 0 unspecified atom stereocenters. The summed E-state index contributed by atoms with van der Waals surface area (Å²) in [6, 6.07) is 0. The van der Waals surface area contributed by atoms with Gasteiger partial charge in [0.1, 0.15) is 5.82 Å². The van der Waals surface area contributed by atoms with Gasteiger partial charge >= 0.3 is 0 Å². The van der Waals surface area contributed by atoms with Crippen molar-refractivity contribution in [1.29, 1.82) is 0 Å². The van der Waals surface area contributed by atoms with Crippen LogP contribution >= 0.6 is 0 Å². The van der Waals surface area contributed by atoms with Crippen molar-refractivity contribution in [3.05, 3.63) is 6.20 Å². The highest BCUT2D eigenvalue weighted by atomic mass is 15.4. The summed E-state index contributed by atoms with van der Waals surface area (Å²) in [5, 5.41) is 11.1. The van der Waals surface area contributed by atoms with Crippen LogP contribution < -0.4 is 5.32 Å². The van der Waals surface area contributed by atoms with Gasteiger partial charge in [-0.25, -0.2) is 4.68 Å². The first-order valence-corrected chi connectivity index (χ1v) is 4.32. The minimum Gasteiger partial charge on any atom is -0.364 e. The highest BCUT2D eigenvalue weighted by Crippen LogP contribution is 2.34. The van der Waals surface area contributed by atoms with Crippen LogP contribution in [0.3, 0.4) is 0 Å². The van der Waals surface area contributed by atoms with Gasteiger partial charge in [-0.1, -0.05) is 5.21 Å². The Hall–Kier alpha value is -1.06. The fraction of sp³-hybridized carbons (Fsp3) is 0.750. The molecule has 1 N–H and O–H groups in total. The smallest absolute Gasteiger partial charge is 0.144 e. The van der Waals surface area contributed by atoms with E-state index in [9.17, 15) is 0 Å². The van der Waals surface area contributed by atoms with Gasteiger partial charge in [-0.2, -0.15) is 0 Å². The van der Waals surface area contributed by atoms with Crippen molar-refractivity contribution in [1.82, 2.24) is 15.0 Å². The molecule has 1 fully saturated rings. The molecule has 0 amide bonds. The lowest BCUT2D eigenvalue weighted by Crippen LogP contribution is -2.42. The van der Waals surface area contributed by atoms with E-state index in [4.69, 9.17) is 0 Å². The number of anilines is 1. The van der Waals surface area contributed by atoms with E-state index in [1.165, 1.54) is 19.3 Å². The standard InChI is InChI=1S/C8H14N4/c1-8(4-3-5-8)10-7-6-9-11-12(7)2/h6,10H,3-5H2,1-2H3. The van der Waals surface area contributed by atoms with Crippen molar-refractivity contribution in [2.24, 2.45) is 7.05 Å². The van der Waals surface area contributed by atoms with E-state index in [0.717, 1.165) is 5.82 Å². The average Bonchev–Trinajstić information content (AvgIpc) is 2.34. The predicted octanol–water partition coefficient (Wildman–Crippen LogP) is 1.17. The van der Waals surface area contributed by atoms with Crippen molar-refractivity contribution in [3.63, 3.8) is 0 Å². The van der Waals surface area contributed by atoms with E-state index in [2.05, 4.69) is 22.6 Å². The van der Waals surface area contributed by atoms with Gasteiger partial charge in [0.05, 0.1) is 6.20 Å². The van der Waals surface area contributed by atoms with Gasteiger partial charge in [0.15, 0.2) is 0 Å². The van der Waals surface area contributed by atoms with Gasteiger partial charge in [-0.3, -0.25) is 0 Å². The number of hydrogen-bond acceptors (Lipinski definition) is 3. The van der Waals surface area contributed by atoms with E-state index < -0.39 is 0 Å². The number of nitrogens with zero attached hydrogens (tertiary/aromatic N) is 3. The van der Waals surface area contributed by atoms with Crippen LogP contribution in [0.5, 0.6) is 0 Å². The summed E-state index contributed by atoms with van der Waals surface area (Å²) in [4.78, 5) is 0. The van der Waals surface area contributed by atoms with Crippen LogP contribution in [0, 0.1) is 0 Å². The summed E-state index contributed by atoms with van der Waals surface area (Å²) in [6.45, 7) is 2.24. The SMILES string of the molecule is Cn1nncc1NC1(C)CCC1. The maximum atomic E-state index is 3.86. The van der Waals surface area contributed by atoms with Crippen LogP contribution in [0.4, 0.5) is 5.82 Å². The fourth-order valence-electron chi connectivity index (χ4n) is 1.54. The molecule has 1 heterocycles. The van der Waals surface area contributed by atoms with E-state index in [1.54, 1.807) is 10.9 Å². The van der Waals surface area contributed by atoms with Crippen LogP contribution in [-0.4, -0.2) is 20.5 Å². The number of nitrogens with one attached hydrogen (secondary N) is 1. The Labute approximate surface area is 72.0 Å². The van der Waals surface area contributed by atoms with Gasteiger partial charge in [0, 0.05) is 12.6 Å². The van der Waals surface area contributed by atoms with E-state index in [-0.39, 0.29) is 5.54 Å². The first-order chi connectivity index (χ1) is 5.70. The van der Waals surface area contributed by atoms with Crippen LogP contribution in [0.15, 0.2) is 6.20 Å². The van der Waals surface area contributed by atoms with Crippen LogP contribution in [0.1, 0.15) is 26.2 Å². The molecular weight excluding hydrogens is 152 g/mol. The second kappa shape index (κ2) is 2.47. The third kappa shape index (κ3) is 1.17. The zero-order chi connectivity index (χ0) is 8.60. The first kappa shape index (κ1) is 7.58. The number of aromatic nitrogens is 3. The Kier molecular flexibility index (Phi) is 1.56. The molecule has 1 aliphatic rings. The molecule has 1 saturated carbocycles. The highest BCUT2D eigenvalue weighted by Gasteiger charge is 2.32. The van der Waals surface area contributed by atoms with Crippen molar-refractivity contribution in [3.8, 4) is 0 Å². The quantitative estimate of drug-likeness (QED) is 0.717. The summed E-state index contributed by atoms with van der Waals surface area (Å²) in [7, 11) is 1.90. The highest BCUT2D eigenvalue weighted by molar-refractivity contribution is 5.35. The van der Waals surface area contributed by atoms with E-state index >= 15 is 0 Å². The Balaban J connectivity index is 2.08. The Morgan fingerprint density at radius 3 is 2.75 bits per heavy atom. The molecule has 1 aromatic heterocycles. The molecule has 2 rings (SSSR count). The molecule has 1 aliphatic carbocycles. The monoisotopic (exact) mass is 166 g/mol.